The number of carbonyl (C=O) groups excluding carboxylic acids is 2. The maximum Gasteiger partial charge on any atom is 0.253 e. The van der Waals surface area contributed by atoms with Gasteiger partial charge in [-0.2, -0.15) is 0 Å². The minimum absolute atomic E-state index is 0.116. The summed E-state index contributed by atoms with van der Waals surface area (Å²) in [4.78, 5) is 29.1. The van der Waals surface area contributed by atoms with Crippen molar-refractivity contribution in [1.29, 1.82) is 0 Å². The van der Waals surface area contributed by atoms with Crippen molar-refractivity contribution in [3.63, 3.8) is 0 Å². The lowest BCUT2D eigenvalue weighted by atomic mass is 10.1. The summed E-state index contributed by atoms with van der Waals surface area (Å²) in [6.45, 7) is 0.260. The number of furan rings is 1. The van der Waals surface area contributed by atoms with Crippen molar-refractivity contribution in [2.24, 2.45) is 7.05 Å². The van der Waals surface area contributed by atoms with Crippen molar-refractivity contribution in [1.82, 2.24) is 25.1 Å². The minimum Gasteiger partial charge on any atom is -0.467 e. The molecule has 0 aliphatic rings. The van der Waals surface area contributed by atoms with Gasteiger partial charge < -0.3 is 19.6 Å². The Morgan fingerprint density at radius 2 is 1.88 bits per heavy atom. The lowest BCUT2D eigenvalue weighted by Gasteiger charge is -2.11. The summed E-state index contributed by atoms with van der Waals surface area (Å²) in [6.07, 6.45) is 4.92. The van der Waals surface area contributed by atoms with Crippen molar-refractivity contribution in [2.45, 2.75) is 11.7 Å². The molecule has 10 heteroatoms. The molecule has 2 amide bonds. The number of para-hydroxylation sites is 1. The molecule has 0 bridgehead atoms. The van der Waals surface area contributed by atoms with Gasteiger partial charge >= 0.3 is 0 Å². The second-order valence-electron chi connectivity index (χ2n) is 6.75. The van der Waals surface area contributed by atoms with Crippen LogP contribution < -0.4 is 10.6 Å². The standard InChI is InChI=1S/C22H20N6O3S/c1-28-20(15-8-10-23-11-9-15)26-27-22(28)32-14-19(29)25-18-7-3-2-6-17(18)21(30)24-13-16-5-4-12-31-16/h2-12H,13-14H2,1H3,(H,24,30)(H,25,29). The third-order valence-corrected chi connectivity index (χ3v) is 5.58. The molecule has 32 heavy (non-hydrogen) atoms. The van der Waals surface area contributed by atoms with E-state index in [0.29, 0.717) is 28.0 Å². The molecule has 0 saturated heterocycles. The van der Waals surface area contributed by atoms with E-state index in [2.05, 4.69) is 25.8 Å². The molecule has 0 aliphatic carbocycles. The Bertz CT molecular complexity index is 1210. The second-order valence-corrected chi connectivity index (χ2v) is 7.69. The van der Waals surface area contributed by atoms with Gasteiger partial charge in [-0.3, -0.25) is 14.6 Å². The summed E-state index contributed by atoms with van der Waals surface area (Å²) < 4.78 is 7.05. The van der Waals surface area contributed by atoms with Crippen molar-refractivity contribution >= 4 is 29.3 Å². The van der Waals surface area contributed by atoms with Gasteiger partial charge in [-0.1, -0.05) is 23.9 Å². The second kappa shape index (κ2) is 9.92. The molecule has 9 nitrogen and oxygen atoms in total. The van der Waals surface area contributed by atoms with Crippen LogP contribution in [0.15, 0.2) is 76.8 Å². The quantitative estimate of drug-likeness (QED) is 0.398. The van der Waals surface area contributed by atoms with E-state index >= 15 is 0 Å². The third-order valence-electron chi connectivity index (χ3n) is 4.55. The van der Waals surface area contributed by atoms with E-state index in [1.165, 1.54) is 11.8 Å². The van der Waals surface area contributed by atoms with Gasteiger partial charge in [-0.05, 0) is 36.4 Å². The van der Waals surface area contributed by atoms with Gasteiger partial charge in [0.2, 0.25) is 5.91 Å². The lowest BCUT2D eigenvalue weighted by Crippen LogP contribution is -2.25. The molecule has 0 spiro atoms. The van der Waals surface area contributed by atoms with Crippen LogP contribution in [-0.2, 0) is 18.4 Å². The number of nitrogens with one attached hydrogen (secondary N) is 2. The summed E-state index contributed by atoms with van der Waals surface area (Å²) in [7, 11) is 1.84. The van der Waals surface area contributed by atoms with E-state index in [1.54, 1.807) is 55.1 Å². The van der Waals surface area contributed by atoms with Crippen LogP contribution in [0, 0.1) is 0 Å². The van der Waals surface area contributed by atoms with Crippen LogP contribution in [0.4, 0.5) is 5.69 Å². The van der Waals surface area contributed by atoms with Gasteiger partial charge in [0.15, 0.2) is 11.0 Å². The Hall–Kier alpha value is -3.92. The largest absolute Gasteiger partial charge is 0.467 e. The average Bonchev–Trinajstić information content (AvgIpc) is 3.47. The normalized spacial score (nSPS) is 10.7. The van der Waals surface area contributed by atoms with Crippen LogP contribution in [0.25, 0.3) is 11.4 Å². The molecule has 162 valence electrons. The highest BCUT2D eigenvalue weighted by molar-refractivity contribution is 7.99. The number of aromatic nitrogens is 4. The number of hydrogen-bond acceptors (Lipinski definition) is 7. The fourth-order valence-electron chi connectivity index (χ4n) is 2.98. The highest BCUT2D eigenvalue weighted by atomic mass is 32.2. The summed E-state index contributed by atoms with van der Waals surface area (Å²) in [5.41, 5.74) is 1.70. The third kappa shape index (κ3) is 5.03. The zero-order valence-electron chi connectivity index (χ0n) is 17.2. The number of rotatable bonds is 8. The molecule has 1 aromatic carbocycles. The van der Waals surface area contributed by atoms with Gasteiger partial charge in [0, 0.05) is 25.0 Å². The molecule has 0 atom stereocenters. The number of anilines is 1. The lowest BCUT2D eigenvalue weighted by molar-refractivity contribution is -0.113. The monoisotopic (exact) mass is 448 g/mol. The maximum atomic E-state index is 12.6. The summed E-state index contributed by atoms with van der Waals surface area (Å²) in [5.74, 6) is 0.889. The van der Waals surface area contributed by atoms with Gasteiger partial charge in [-0.25, -0.2) is 0 Å². The molecule has 0 saturated carbocycles. The van der Waals surface area contributed by atoms with Crippen molar-refractivity contribution in [2.75, 3.05) is 11.1 Å². The molecule has 0 fully saturated rings. The van der Waals surface area contributed by atoms with Crippen molar-refractivity contribution in [3.8, 4) is 11.4 Å². The number of hydrogen-bond donors (Lipinski definition) is 2. The van der Waals surface area contributed by atoms with E-state index in [1.807, 2.05) is 23.7 Å². The number of nitrogens with zero attached hydrogens (tertiary/aromatic N) is 4. The SMILES string of the molecule is Cn1c(SCC(=O)Nc2ccccc2C(=O)NCc2ccco2)nnc1-c1ccncc1. The molecule has 3 aromatic heterocycles. The van der Waals surface area contributed by atoms with Gasteiger partial charge in [-0.15, -0.1) is 10.2 Å². The van der Waals surface area contributed by atoms with Gasteiger partial charge in [0.1, 0.15) is 5.76 Å². The molecule has 0 unspecified atom stereocenters. The number of carbonyl (C=O) groups is 2. The van der Waals surface area contributed by atoms with Crippen LogP contribution >= 0.6 is 11.8 Å². The van der Waals surface area contributed by atoms with E-state index in [-0.39, 0.29) is 24.1 Å². The first kappa shape index (κ1) is 21.3. The Balaban J connectivity index is 1.37. The first-order valence-electron chi connectivity index (χ1n) is 9.74. The molecule has 0 radical (unpaired) electrons. The fourth-order valence-corrected chi connectivity index (χ4v) is 3.69. The highest BCUT2D eigenvalue weighted by Crippen LogP contribution is 2.22. The van der Waals surface area contributed by atoms with Crippen molar-refractivity contribution in [3.05, 3.63) is 78.5 Å². The predicted molar refractivity (Wildman–Crippen MR) is 120 cm³/mol. The van der Waals surface area contributed by atoms with Crippen LogP contribution in [0.5, 0.6) is 0 Å². The first-order chi connectivity index (χ1) is 15.6. The molecular weight excluding hydrogens is 428 g/mol. The molecule has 3 heterocycles. The van der Waals surface area contributed by atoms with E-state index in [9.17, 15) is 9.59 Å². The van der Waals surface area contributed by atoms with Gasteiger partial charge in [0.05, 0.1) is 29.8 Å². The van der Waals surface area contributed by atoms with E-state index in [4.69, 9.17) is 4.42 Å². The summed E-state index contributed by atoms with van der Waals surface area (Å²) in [6, 6.07) is 14.1. The number of benzene rings is 1. The maximum absolute atomic E-state index is 12.6. The zero-order valence-corrected chi connectivity index (χ0v) is 18.0. The molecule has 0 aliphatic heterocycles. The average molecular weight is 449 g/mol. The van der Waals surface area contributed by atoms with Crippen LogP contribution in [0.3, 0.4) is 0 Å². The Kier molecular flexibility index (Phi) is 6.61. The molecule has 4 rings (SSSR count). The molecule has 4 aromatic rings. The van der Waals surface area contributed by atoms with Crippen LogP contribution in [0.1, 0.15) is 16.1 Å². The number of amides is 2. The smallest absolute Gasteiger partial charge is 0.253 e. The predicted octanol–water partition coefficient (Wildman–Crippen LogP) is 3.13. The fraction of sp³-hybridized carbons (Fsp3) is 0.136. The van der Waals surface area contributed by atoms with E-state index < -0.39 is 0 Å². The highest BCUT2D eigenvalue weighted by Gasteiger charge is 2.16. The Morgan fingerprint density at radius 3 is 2.66 bits per heavy atom. The zero-order chi connectivity index (χ0) is 22.3. The number of pyridine rings is 1. The Morgan fingerprint density at radius 1 is 1.06 bits per heavy atom. The molecular formula is C22H20N6O3S. The van der Waals surface area contributed by atoms with E-state index in [0.717, 1.165) is 5.56 Å². The van der Waals surface area contributed by atoms with Crippen molar-refractivity contribution < 1.29 is 14.0 Å². The van der Waals surface area contributed by atoms with Crippen LogP contribution in [-0.4, -0.2) is 37.3 Å². The number of thioether (sulfide) groups is 1. The topological polar surface area (TPSA) is 115 Å². The Labute approximate surface area is 188 Å². The summed E-state index contributed by atoms with van der Waals surface area (Å²) >= 11 is 1.26. The van der Waals surface area contributed by atoms with Gasteiger partial charge in [0.25, 0.3) is 5.91 Å². The minimum atomic E-state index is -0.305. The first-order valence-corrected chi connectivity index (χ1v) is 10.7. The van der Waals surface area contributed by atoms with Crippen LogP contribution in [0.2, 0.25) is 0 Å². The molecule has 2 N–H and O–H groups in total. The summed E-state index contributed by atoms with van der Waals surface area (Å²) in [5, 5.41) is 14.6.